The Morgan fingerprint density at radius 3 is 2.58 bits per heavy atom. The van der Waals surface area contributed by atoms with Crippen LogP contribution in [0.25, 0.3) is 0 Å². The molecule has 0 spiro atoms. The number of Topliss-reactive ketones (excluding diaryl/α,β-unsaturated/α-hetero) is 2. The van der Waals surface area contributed by atoms with E-state index in [1.165, 1.54) is 0 Å². The van der Waals surface area contributed by atoms with Gasteiger partial charge in [0.05, 0.1) is 0 Å². The minimum absolute atomic E-state index is 0.00458. The minimum atomic E-state index is -1.29. The number of alkyl halides is 1. The number of fused-ring (bicyclic) bond motifs is 7. The van der Waals surface area contributed by atoms with E-state index in [2.05, 4.69) is 6.92 Å². The summed E-state index contributed by atoms with van der Waals surface area (Å²) < 4.78 is 14.2. The number of carbonyl (C=O) groups excluding carboxylic acids is 2. The number of allylic oxidation sites excluding steroid dienone is 1. The van der Waals surface area contributed by atoms with Gasteiger partial charge in [0, 0.05) is 11.3 Å². The van der Waals surface area contributed by atoms with E-state index in [4.69, 9.17) is 0 Å². The Morgan fingerprint density at radius 1 is 1.08 bits per heavy atom. The molecule has 0 bridgehead atoms. The first-order valence-electron chi connectivity index (χ1n) is 9.45. The predicted molar refractivity (Wildman–Crippen MR) is 85.9 cm³/mol. The molecular weight excluding hydrogens is 307 g/mol. The zero-order chi connectivity index (χ0) is 17.0. The summed E-state index contributed by atoms with van der Waals surface area (Å²) in [5.74, 6) is 1.03. The van der Waals surface area contributed by atoms with E-state index in [1.807, 2.05) is 6.92 Å². The molecule has 0 amide bonds. The molecule has 5 rings (SSSR count). The maximum atomic E-state index is 14.2. The fourth-order valence-corrected chi connectivity index (χ4v) is 7.33. The number of aliphatic hydroxyl groups is 1. The van der Waals surface area contributed by atoms with E-state index in [0.717, 1.165) is 37.7 Å². The lowest BCUT2D eigenvalue weighted by Crippen LogP contribution is -2.52. The van der Waals surface area contributed by atoms with Crippen LogP contribution in [0.15, 0.2) is 11.3 Å². The number of halogens is 1. The monoisotopic (exact) mass is 332 g/mol. The zero-order valence-corrected chi connectivity index (χ0v) is 14.3. The molecule has 0 radical (unpaired) electrons. The van der Waals surface area contributed by atoms with Crippen molar-refractivity contribution in [2.75, 3.05) is 0 Å². The van der Waals surface area contributed by atoms with Gasteiger partial charge in [0.1, 0.15) is 0 Å². The standard InChI is InChI=1S/C20H25FO3/c1-19-6-5-11-9(13(19)8-15(21)18(19)24)3-4-12-17(23)16(22)10-7-14(10)20(11,12)2/h9-11,13-15,23H,3-8H2,1-2H3/t9-,10+,11+,13+,14?,15-,19+,20-/m1/s1. The minimum Gasteiger partial charge on any atom is -0.504 e. The summed E-state index contributed by atoms with van der Waals surface area (Å²) in [6, 6.07) is 0. The van der Waals surface area contributed by atoms with Crippen LogP contribution in [0.4, 0.5) is 4.39 Å². The number of hydrogen-bond donors (Lipinski definition) is 1. The second-order valence-electron chi connectivity index (χ2n) is 9.36. The zero-order valence-electron chi connectivity index (χ0n) is 14.3. The maximum absolute atomic E-state index is 14.2. The lowest BCUT2D eigenvalue weighted by atomic mass is 9.47. The first kappa shape index (κ1) is 15.1. The number of hydrogen-bond acceptors (Lipinski definition) is 3. The third kappa shape index (κ3) is 1.50. The molecule has 5 aliphatic rings. The molecule has 0 heterocycles. The average molecular weight is 332 g/mol. The SMILES string of the molecule is C[C@]12CC[C@H]3[C@@H](CCC4=C(O)C(=O)[C@H]5CC5[C@@]43C)[C@@H]1C[C@@H](F)C2=O. The lowest BCUT2D eigenvalue weighted by molar-refractivity contribution is -0.135. The summed E-state index contributed by atoms with van der Waals surface area (Å²) in [5.41, 5.74) is 0.357. The highest BCUT2D eigenvalue weighted by atomic mass is 19.1. The molecular formula is C20H25FO3. The number of ketones is 2. The van der Waals surface area contributed by atoms with Crippen LogP contribution < -0.4 is 0 Å². The topological polar surface area (TPSA) is 54.4 Å². The molecule has 130 valence electrons. The van der Waals surface area contributed by atoms with Gasteiger partial charge in [-0.3, -0.25) is 9.59 Å². The van der Waals surface area contributed by atoms with Crippen molar-refractivity contribution in [2.24, 2.45) is 40.4 Å². The van der Waals surface area contributed by atoms with Gasteiger partial charge in [-0.2, -0.15) is 0 Å². The van der Waals surface area contributed by atoms with Gasteiger partial charge in [-0.05, 0) is 73.2 Å². The van der Waals surface area contributed by atoms with Gasteiger partial charge >= 0.3 is 0 Å². The highest BCUT2D eigenvalue weighted by Crippen LogP contribution is 2.71. The summed E-state index contributed by atoms with van der Waals surface area (Å²) in [5, 5.41) is 10.5. The number of rotatable bonds is 0. The van der Waals surface area contributed by atoms with E-state index in [0.29, 0.717) is 24.2 Å². The molecule has 4 saturated carbocycles. The third-order valence-electron chi connectivity index (χ3n) is 8.70. The van der Waals surface area contributed by atoms with Crippen LogP contribution in [0, 0.1) is 40.4 Å². The molecule has 4 heteroatoms. The van der Waals surface area contributed by atoms with E-state index >= 15 is 0 Å². The molecule has 0 aromatic heterocycles. The smallest absolute Gasteiger partial charge is 0.200 e. The van der Waals surface area contributed by atoms with Gasteiger partial charge in [-0.25, -0.2) is 4.39 Å². The van der Waals surface area contributed by atoms with Crippen LogP contribution in [0.3, 0.4) is 0 Å². The Hall–Kier alpha value is -1.19. The van der Waals surface area contributed by atoms with Crippen LogP contribution in [-0.2, 0) is 9.59 Å². The summed E-state index contributed by atoms with van der Waals surface area (Å²) in [7, 11) is 0. The molecule has 0 aliphatic heterocycles. The summed E-state index contributed by atoms with van der Waals surface area (Å²) in [6.07, 6.45) is 3.26. The van der Waals surface area contributed by atoms with Crippen LogP contribution in [-0.4, -0.2) is 22.8 Å². The molecule has 4 fully saturated rings. The van der Waals surface area contributed by atoms with Crippen molar-refractivity contribution in [1.82, 2.24) is 0 Å². The van der Waals surface area contributed by atoms with Crippen molar-refractivity contribution in [2.45, 2.75) is 58.5 Å². The van der Waals surface area contributed by atoms with Gasteiger partial charge in [0.25, 0.3) is 0 Å². The Bertz CT molecular complexity index is 697. The molecule has 0 aromatic rings. The Labute approximate surface area is 141 Å². The van der Waals surface area contributed by atoms with Crippen molar-refractivity contribution in [3.05, 3.63) is 11.3 Å². The number of carbonyl (C=O) groups is 2. The molecule has 0 saturated heterocycles. The summed E-state index contributed by atoms with van der Waals surface area (Å²) >= 11 is 0. The Morgan fingerprint density at radius 2 is 1.83 bits per heavy atom. The lowest BCUT2D eigenvalue weighted by Gasteiger charge is -2.57. The normalized spacial score (nSPS) is 55.6. The molecule has 1 unspecified atom stereocenters. The molecule has 0 aromatic carbocycles. The second-order valence-corrected chi connectivity index (χ2v) is 9.36. The van der Waals surface area contributed by atoms with Crippen molar-refractivity contribution in [1.29, 1.82) is 0 Å². The van der Waals surface area contributed by atoms with Crippen molar-refractivity contribution < 1.29 is 19.1 Å². The maximum Gasteiger partial charge on any atom is 0.200 e. The van der Waals surface area contributed by atoms with Gasteiger partial charge in [-0.1, -0.05) is 13.8 Å². The highest BCUT2D eigenvalue weighted by Gasteiger charge is 2.68. The number of aliphatic hydroxyl groups excluding tert-OH is 1. The second kappa shape index (κ2) is 4.31. The molecule has 8 atom stereocenters. The van der Waals surface area contributed by atoms with E-state index in [-0.39, 0.29) is 34.6 Å². The van der Waals surface area contributed by atoms with Crippen molar-refractivity contribution >= 4 is 11.6 Å². The molecule has 24 heavy (non-hydrogen) atoms. The van der Waals surface area contributed by atoms with Crippen LogP contribution >= 0.6 is 0 Å². The van der Waals surface area contributed by atoms with Crippen LogP contribution in [0.2, 0.25) is 0 Å². The molecule has 3 nitrogen and oxygen atoms in total. The predicted octanol–water partition coefficient (Wildman–Crippen LogP) is 3.78. The largest absolute Gasteiger partial charge is 0.504 e. The Balaban J connectivity index is 1.58. The summed E-state index contributed by atoms with van der Waals surface area (Å²) in [4.78, 5) is 24.6. The van der Waals surface area contributed by atoms with Crippen LogP contribution in [0.1, 0.15) is 52.4 Å². The first-order chi connectivity index (χ1) is 11.3. The van der Waals surface area contributed by atoms with Gasteiger partial charge in [0.2, 0.25) is 0 Å². The van der Waals surface area contributed by atoms with E-state index < -0.39 is 11.6 Å². The third-order valence-corrected chi connectivity index (χ3v) is 8.70. The van der Waals surface area contributed by atoms with Crippen LogP contribution in [0.5, 0.6) is 0 Å². The fraction of sp³-hybridized carbons (Fsp3) is 0.800. The molecule has 5 aliphatic carbocycles. The molecule has 1 N–H and O–H groups in total. The fourth-order valence-electron chi connectivity index (χ4n) is 7.33. The van der Waals surface area contributed by atoms with Gasteiger partial charge in [-0.15, -0.1) is 0 Å². The summed E-state index contributed by atoms with van der Waals surface area (Å²) in [6.45, 7) is 4.21. The quantitative estimate of drug-likeness (QED) is 0.734. The highest BCUT2D eigenvalue weighted by molar-refractivity contribution is 5.99. The van der Waals surface area contributed by atoms with Crippen molar-refractivity contribution in [3.8, 4) is 0 Å². The van der Waals surface area contributed by atoms with Gasteiger partial charge < -0.3 is 5.11 Å². The first-order valence-corrected chi connectivity index (χ1v) is 9.45. The Kier molecular flexibility index (Phi) is 2.71. The average Bonchev–Trinajstić information content (AvgIpc) is 3.32. The van der Waals surface area contributed by atoms with E-state index in [1.54, 1.807) is 0 Å². The van der Waals surface area contributed by atoms with Crippen molar-refractivity contribution in [3.63, 3.8) is 0 Å². The van der Waals surface area contributed by atoms with Gasteiger partial charge in [0.15, 0.2) is 23.5 Å². The van der Waals surface area contributed by atoms with E-state index in [9.17, 15) is 19.1 Å².